The average molecular weight is 1970 g/mol. The zero-order chi connectivity index (χ0) is 102. The molecule has 0 aliphatic heterocycles. The van der Waals surface area contributed by atoms with Crippen molar-refractivity contribution in [2.24, 2.45) is 0 Å². The lowest BCUT2D eigenvalue weighted by molar-refractivity contribution is 0.418. The number of aromatic nitrogens is 16. The minimum atomic E-state index is -0.107. The summed E-state index contributed by atoms with van der Waals surface area (Å²) in [6, 6.07) is 149. The summed E-state index contributed by atoms with van der Waals surface area (Å²) < 4.78 is 28.3. The predicted molar refractivity (Wildman–Crippen MR) is 630 cm³/mol. The summed E-state index contributed by atoms with van der Waals surface area (Å²) in [4.78, 5) is 25.3. The molecule has 0 saturated carbocycles. The van der Waals surface area contributed by atoms with Crippen molar-refractivity contribution in [1.29, 1.82) is 0 Å². The molecule has 0 fully saturated rings. The van der Waals surface area contributed by atoms with Crippen molar-refractivity contribution in [3.05, 3.63) is 419 Å². The van der Waals surface area contributed by atoms with Crippen LogP contribution in [0.4, 0.5) is 0 Å². The van der Waals surface area contributed by atoms with Crippen LogP contribution < -0.4 is 0 Å². The first kappa shape index (κ1) is 92.2. The van der Waals surface area contributed by atoms with Gasteiger partial charge >= 0.3 is 0 Å². The molecule has 17 heteroatoms. The van der Waals surface area contributed by atoms with Crippen molar-refractivity contribution < 1.29 is 0 Å². The molecule has 16 nitrogen and oxygen atoms in total. The molecule has 18 aromatic carbocycles. The van der Waals surface area contributed by atoms with Gasteiger partial charge in [-0.15, -0.1) is 11.3 Å². The maximum absolute atomic E-state index is 5.14. The van der Waals surface area contributed by atoms with Crippen LogP contribution in [0.5, 0.6) is 0 Å². The first-order valence-corrected chi connectivity index (χ1v) is 52.7. The zero-order valence-electron chi connectivity index (χ0n) is 86.9. The molecule has 150 heavy (non-hydrogen) atoms. The van der Waals surface area contributed by atoms with Crippen LogP contribution in [0.1, 0.15) is 104 Å². The van der Waals surface area contributed by atoms with Crippen LogP contribution in [0.25, 0.3) is 243 Å². The molecule has 0 spiro atoms. The number of thiophene rings is 1. The van der Waals surface area contributed by atoms with E-state index in [0.717, 1.165) is 84.1 Å². The van der Waals surface area contributed by atoms with Gasteiger partial charge in [0.15, 0.2) is 0 Å². The SMILES string of the molecule is CC(C)(C)n1c2ccc(-c3ccc4c(c3)c3ccccc3n4-c3ccccc3)cc2n2c3ccccc3nc12.CC(C)(C)n1c2ccccc2n2c3cc(-c4ccccc4)ccc3nc12.CC(C)(C)n1c2ccccc2n2c3ccc(-c4ccc5sc6ccccc6c5c4)cc3nc12.CC(C)(C)n1c2ccccc2n2c3ccc(-c4ccccc4)cc3nc12.CC(C)(C)n1c2ccccc2n2c3cccc(-c4ccccc4)c3nc12. The van der Waals surface area contributed by atoms with E-state index in [1.165, 1.54) is 158 Å². The van der Waals surface area contributed by atoms with Gasteiger partial charge in [-0.1, -0.05) is 255 Å². The third kappa shape index (κ3) is 15.3. The fourth-order valence-corrected chi connectivity index (χ4v) is 24.2. The molecule has 30 rings (SSSR count). The highest BCUT2D eigenvalue weighted by Crippen LogP contribution is 2.45. The largest absolute Gasteiger partial charge is 0.309 e. The van der Waals surface area contributed by atoms with Gasteiger partial charge in [0.1, 0.15) is 0 Å². The van der Waals surface area contributed by atoms with E-state index >= 15 is 0 Å². The highest BCUT2D eigenvalue weighted by molar-refractivity contribution is 7.25. The molecule has 0 radical (unpaired) electrons. The number of rotatable bonds is 6. The Labute approximate surface area is 872 Å². The van der Waals surface area contributed by atoms with Gasteiger partial charge in [-0.05, 0) is 318 Å². The second kappa shape index (κ2) is 35.0. The molecule has 0 unspecified atom stereocenters. The Hall–Kier alpha value is -17.7. The highest BCUT2D eigenvalue weighted by atomic mass is 32.1. The lowest BCUT2D eigenvalue weighted by atomic mass is 10.0. The molecule has 0 amide bonds. The van der Waals surface area contributed by atoms with Gasteiger partial charge in [0.05, 0.1) is 121 Å². The highest BCUT2D eigenvalue weighted by Gasteiger charge is 2.32. The quantitative estimate of drug-likeness (QED) is 0.164. The second-order valence-corrected chi connectivity index (χ2v) is 45.6. The summed E-state index contributed by atoms with van der Waals surface area (Å²) in [6.45, 7) is 33.5. The van der Waals surface area contributed by atoms with Gasteiger partial charge in [0.25, 0.3) is 0 Å². The lowest BCUT2D eigenvalue weighted by Gasteiger charge is -2.22. The summed E-state index contributed by atoms with van der Waals surface area (Å²) >= 11 is 1.86. The molecule has 12 heterocycles. The van der Waals surface area contributed by atoms with E-state index < -0.39 is 0 Å². The molecule has 0 saturated heterocycles. The molecule has 12 aromatic heterocycles. The van der Waals surface area contributed by atoms with Gasteiger partial charge in [-0.3, -0.25) is 22.0 Å². The van der Waals surface area contributed by atoms with E-state index in [1.54, 1.807) is 0 Å². The normalized spacial score (nSPS) is 12.5. The van der Waals surface area contributed by atoms with Gasteiger partial charge < -0.3 is 27.4 Å². The van der Waals surface area contributed by atoms with E-state index in [4.69, 9.17) is 24.9 Å². The molecule has 732 valence electrons. The number of para-hydroxylation sites is 13. The van der Waals surface area contributed by atoms with Crippen LogP contribution in [0.2, 0.25) is 0 Å². The van der Waals surface area contributed by atoms with Gasteiger partial charge in [-0.25, -0.2) is 24.9 Å². The van der Waals surface area contributed by atoms with E-state index in [2.05, 4.69) is 560 Å². The Kier molecular flexibility index (Phi) is 21.5. The number of imidazole rings is 10. The van der Waals surface area contributed by atoms with Gasteiger partial charge in [0.2, 0.25) is 28.9 Å². The predicted octanol–water partition coefficient (Wildman–Crippen LogP) is 34.8. The molecular weight excluding hydrogens is 1850 g/mol. The molecule has 0 aliphatic carbocycles. The van der Waals surface area contributed by atoms with Crippen LogP contribution in [0.15, 0.2) is 419 Å². The van der Waals surface area contributed by atoms with Gasteiger partial charge in [0, 0.05) is 69.9 Å². The molecule has 0 N–H and O–H groups in total. The minimum Gasteiger partial charge on any atom is -0.309 e. The maximum atomic E-state index is 5.14. The van der Waals surface area contributed by atoms with Crippen LogP contribution in [0.3, 0.4) is 0 Å². The smallest absolute Gasteiger partial charge is 0.216 e. The fraction of sp³-hybridized carbons (Fsp3) is 0.150. The standard InChI is InChI=1S/C35H28N4.C29H23N3S.3C23H21N3/c1-35(2,3)39-32-20-18-24(22-33(32)38-31-16-10-8-14-28(31)36-34(38)39)23-17-19-30-27(21-23)26-13-7-9-15-29(26)37(30)25-11-5-4-6-12-25;1-29(2,3)32-25-10-6-5-9-24(25)31-23-14-12-19(17-22(23)30-28(31)32)18-13-15-27-21(16-18)20-8-4-7-11-26(20)33-27;1-23(2,3)26-19-14-8-7-13-18(19)25-20-15-9-12-17(21(20)24-22(25)26)16-10-5-4-6-11-16;1-23(2,3)26-21-12-8-7-11-20(21)25-19-14-13-17(15-18(19)24-22(25)26)16-9-5-4-6-10-16;1-23(2,3)26-20-12-8-7-11-19(20)25-21-15-17(16-9-5-4-6-10-16)13-14-18(21)24-22(25)26/h4-22H,1-3H3;4-17H,1-3H3;3*4-15H,1-3H3. The van der Waals surface area contributed by atoms with Crippen LogP contribution in [-0.4, -0.2) is 74.3 Å². The Bertz CT molecular complexity index is 10500. The van der Waals surface area contributed by atoms with Crippen LogP contribution >= 0.6 is 11.3 Å². The van der Waals surface area contributed by atoms with E-state index in [9.17, 15) is 0 Å². The van der Waals surface area contributed by atoms with E-state index in [0.29, 0.717) is 0 Å². The van der Waals surface area contributed by atoms with E-state index in [-0.39, 0.29) is 27.7 Å². The summed E-state index contributed by atoms with van der Waals surface area (Å²) in [7, 11) is 0. The van der Waals surface area contributed by atoms with Crippen molar-refractivity contribution >= 4 is 193 Å². The zero-order valence-corrected chi connectivity index (χ0v) is 87.7. The monoisotopic (exact) mass is 1970 g/mol. The number of hydrogen-bond donors (Lipinski definition) is 0. The number of hydrogen-bond acceptors (Lipinski definition) is 6. The van der Waals surface area contributed by atoms with Crippen molar-refractivity contribution in [2.45, 2.75) is 132 Å². The first-order valence-electron chi connectivity index (χ1n) is 51.9. The summed E-state index contributed by atoms with van der Waals surface area (Å²) in [5, 5.41) is 5.19. The summed E-state index contributed by atoms with van der Waals surface area (Å²) in [6.07, 6.45) is 0. The topological polar surface area (TPSA) is 116 Å². The molecule has 0 atom stereocenters. The summed E-state index contributed by atoms with van der Waals surface area (Å²) in [5.41, 5.74) is 38.3. The fourth-order valence-electron chi connectivity index (χ4n) is 23.1. The van der Waals surface area contributed by atoms with Crippen molar-refractivity contribution in [1.82, 2.24) is 74.3 Å². The Morgan fingerprint density at radius 3 is 0.973 bits per heavy atom. The summed E-state index contributed by atoms with van der Waals surface area (Å²) in [5.74, 6) is 4.97. The maximum Gasteiger partial charge on any atom is 0.216 e. The van der Waals surface area contributed by atoms with Crippen LogP contribution in [-0.2, 0) is 27.7 Å². The molecular formula is C133H114N16S. The Morgan fingerprint density at radius 2 is 0.473 bits per heavy atom. The number of benzene rings is 18. The second-order valence-electron chi connectivity index (χ2n) is 44.5. The first-order chi connectivity index (χ1) is 72.6. The van der Waals surface area contributed by atoms with Crippen molar-refractivity contribution in [2.75, 3.05) is 0 Å². The average Bonchev–Trinajstić information content (AvgIpc) is 1.57. The Morgan fingerprint density at radius 1 is 0.173 bits per heavy atom. The molecule has 0 bridgehead atoms. The van der Waals surface area contributed by atoms with E-state index in [1.807, 2.05) is 23.5 Å². The van der Waals surface area contributed by atoms with Crippen molar-refractivity contribution in [3.63, 3.8) is 0 Å². The third-order valence-corrected chi connectivity index (χ3v) is 30.6. The third-order valence-electron chi connectivity index (χ3n) is 29.4. The number of nitrogens with zero attached hydrogens (tertiary/aromatic N) is 16. The molecule has 30 aromatic rings. The van der Waals surface area contributed by atoms with Gasteiger partial charge in [-0.2, -0.15) is 0 Å². The molecule has 0 aliphatic rings. The van der Waals surface area contributed by atoms with Crippen molar-refractivity contribution in [3.8, 4) is 61.3 Å². The lowest BCUT2D eigenvalue weighted by Crippen LogP contribution is -2.21. The Balaban J connectivity index is 0.0000000955. The van der Waals surface area contributed by atoms with Crippen LogP contribution in [0, 0.1) is 0 Å². The number of fused-ring (bicyclic) bond motifs is 31. The minimum absolute atomic E-state index is 0.0476.